The second kappa shape index (κ2) is 11.1. The first-order valence-corrected chi connectivity index (χ1v) is 9.10. The lowest BCUT2D eigenvalue weighted by molar-refractivity contribution is -0.141. The summed E-state index contributed by atoms with van der Waals surface area (Å²) in [5.74, 6) is -0.434. The Hall–Kier alpha value is -1.66. The molecule has 1 aliphatic rings. The van der Waals surface area contributed by atoms with Gasteiger partial charge in [-0.1, -0.05) is 32.0 Å². The number of rotatable bonds is 8. The van der Waals surface area contributed by atoms with Gasteiger partial charge in [-0.25, -0.2) is 4.39 Å². The first-order valence-electron chi connectivity index (χ1n) is 9.10. The molecule has 0 spiro atoms. The minimum absolute atomic E-state index is 0. The van der Waals surface area contributed by atoms with Gasteiger partial charge >= 0.3 is 0 Å². The van der Waals surface area contributed by atoms with Crippen molar-refractivity contribution >= 4 is 24.2 Å². The van der Waals surface area contributed by atoms with E-state index in [0.717, 1.165) is 12.8 Å². The summed E-state index contributed by atoms with van der Waals surface area (Å²) in [6.07, 6.45) is 1.96. The van der Waals surface area contributed by atoms with Gasteiger partial charge in [0, 0.05) is 38.3 Å². The van der Waals surface area contributed by atoms with Crippen molar-refractivity contribution in [2.45, 2.75) is 45.7 Å². The molecule has 2 amide bonds. The normalized spacial score (nSPS) is 17.0. The first-order chi connectivity index (χ1) is 12.1. The predicted molar refractivity (Wildman–Crippen MR) is 103 cm³/mol. The van der Waals surface area contributed by atoms with Crippen LogP contribution in [-0.2, 0) is 16.1 Å². The second-order valence-electron chi connectivity index (χ2n) is 6.44. The molecule has 1 aliphatic heterocycles. The number of carbonyl (C=O) groups excluding carboxylic acids is 2. The van der Waals surface area contributed by atoms with E-state index in [1.807, 2.05) is 18.7 Å². The van der Waals surface area contributed by atoms with Crippen molar-refractivity contribution in [1.29, 1.82) is 0 Å². The van der Waals surface area contributed by atoms with Gasteiger partial charge in [-0.05, 0) is 18.9 Å². The molecule has 1 atom stereocenters. The van der Waals surface area contributed by atoms with Gasteiger partial charge in [-0.15, -0.1) is 12.4 Å². The molecule has 0 bridgehead atoms. The number of halogens is 2. The molecule has 146 valence electrons. The Kier molecular flexibility index (Phi) is 9.59. The fraction of sp³-hybridized carbons (Fsp3) is 0.579. The maximum absolute atomic E-state index is 13.8. The lowest BCUT2D eigenvalue weighted by atomic mass is 10.1. The fourth-order valence-electron chi connectivity index (χ4n) is 3.15. The third-order valence-corrected chi connectivity index (χ3v) is 4.42. The van der Waals surface area contributed by atoms with Crippen molar-refractivity contribution in [3.63, 3.8) is 0 Å². The van der Waals surface area contributed by atoms with Crippen LogP contribution in [0.15, 0.2) is 24.3 Å². The Morgan fingerprint density at radius 3 is 2.54 bits per heavy atom. The average Bonchev–Trinajstić information content (AvgIpc) is 2.60. The molecule has 1 heterocycles. The molecular formula is C19H29ClFN3O2. The smallest absolute Gasteiger partial charge is 0.240 e. The topological polar surface area (TPSA) is 52.7 Å². The lowest BCUT2D eigenvalue weighted by Gasteiger charge is -2.34. The number of nitrogens with one attached hydrogen (secondary N) is 1. The molecule has 7 heteroatoms. The number of carbonyl (C=O) groups is 2. The minimum atomic E-state index is -0.524. The van der Waals surface area contributed by atoms with Crippen LogP contribution in [0.5, 0.6) is 0 Å². The monoisotopic (exact) mass is 385 g/mol. The quantitative estimate of drug-likeness (QED) is 0.748. The Bertz CT molecular complexity index is 594. The highest BCUT2D eigenvalue weighted by Gasteiger charge is 2.31. The van der Waals surface area contributed by atoms with Gasteiger partial charge in [-0.3, -0.25) is 9.59 Å². The summed E-state index contributed by atoms with van der Waals surface area (Å²) in [5, 5.41) is 3.14. The van der Waals surface area contributed by atoms with E-state index in [0.29, 0.717) is 31.7 Å². The van der Waals surface area contributed by atoms with Crippen LogP contribution in [0, 0.1) is 5.82 Å². The van der Waals surface area contributed by atoms with Crippen molar-refractivity contribution in [3.8, 4) is 0 Å². The molecule has 0 aromatic heterocycles. The number of benzene rings is 1. The van der Waals surface area contributed by atoms with E-state index in [4.69, 9.17) is 0 Å². The molecule has 0 radical (unpaired) electrons. The van der Waals surface area contributed by atoms with Crippen molar-refractivity contribution in [2.75, 3.05) is 26.2 Å². The van der Waals surface area contributed by atoms with Gasteiger partial charge in [-0.2, -0.15) is 0 Å². The van der Waals surface area contributed by atoms with Gasteiger partial charge in [0.15, 0.2) is 0 Å². The number of hydrogen-bond acceptors (Lipinski definition) is 3. The molecule has 1 saturated heterocycles. The highest BCUT2D eigenvalue weighted by molar-refractivity contribution is 5.89. The van der Waals surface area contributed by atoms with Gasteiger partial charge in [0.2, 0.25) is 11.8 Å². The molecule has 0 aliphatic carbocycles. The van der Waals surface area contributed by atoms with Crippen LogP contribution >= 0.6 is 12.4 Å². The third-order valence-electron chi connectivity index (χ3n) is 4.42. The Morgan fingerprint density at radius 2 is 1.92 bits per heavy atom. The maximum Gasteiger partial charge on any atom is 0.240 e. The number of amides is 2. The molecule has 1 unspecified atom stereocenters. The first kappa shape index (κ1) is 22.4. The summed E-state index contributed by atoms with van der Waals surface area (Å²) in [5.41, 5.74) is 0.501. The molecule has 1 fully saturated rings. The van der Waals surface area contributed by atoms with E-state index in [-0.39, 0.29) is 43.0 Å². The van der Waals surface area contributed by atoms with Crippen LogP contribution in [0.25, 0.3) is 0 Å². The zero-order valence-electron chi connectivity index (χ0n) is 15.5. The highest BCUT2D eigenvalue weighted by atomic mass is 35.5. The van der Waals surface area contributed by atoms with Crippen LogP contribution in [0.3, 0.4) is 0 Å². The summed E-state index contributed by atoms with van der Waals surface area (Å²) in [6.45, 7) is 6.88. The van der Waals surface area contributed by atoms with Crippen molar-refractivity contribution < 1.29 is 14.0 Å². The van der Waals surface area contributed by atoms with Crippen LogP contribution in [0.1, 0.15) is 38.7 Å². The average molecular weight is 386 g/mol. The predicted octanol–water partition coefficient (Wildman–Crippen LogP) is 2.59. The summed E-state index contributed by atoms with van der Waals surface area (Å²) < 4.78 is 13.8. The summed E-state index contributed by atoms with van der Waals surface area (Å²) >= 11 is 0. The van der Waals surface area contributed by atoms with Crippen LogP contribution in [-0.4, -0.2) is 53.8 Å². The van der Waals surface area contributed by atoms with Crippen LogP contribution < -0.4 is 5.32 Å². The molecule has 2 rings (SSSR count). The molecule has 0 saturated carbocycles. The van der Waals surface area contributed by atoms with Crippen LogP contribution in [0.4, 0.5) is 4.39 Å². The zero-order chi connectivity index (χ0) is 18.2. The Morgan fingerprint density at radius 1 is 1.27 bits per heavy atom. The number of piperazine rings is 1. The van der Waals surface area contributed by atoms with Gasteiger partial charge in [0.05, 0.1) is 12.5 Å². The third kappa shape index (κ3) is 5.95. The number of nitrogens with zero attached hydrogens (tertiary/aromatic N) is 2. The van der Waals surface area contributed by atoms with E-state index in [2.05, 4.69) is 5.32 Å². The molecular weight excluding hydrogens is 357 g/mol. The molecule has 1 aromatic rings. The zero-order valence-corrected chi connectivity index (χ0v) is 16.4. The fourth-order valence-corrected chi connectivity index (χ4v) is 3.15. The van der Waals surface area contributed by atoms with Gasteiger partial charge < -0.3 is 15.1 Å². The minimum Gasteiger partial charge on any atom is -0.343 e. The Labute approximate surface area is 161 Å². The lowest BCUT2D eigenvalue weighted by Crippen LogP contribution is -2.56. The summed E-state index contributed by atoms with van der Waals surface area (Å²) in [4.78, 5) is 28.7. The molecule has 5 nitrogen and oxygen atoms in total. The van der Waals surface area contributed by atoms with Crippen molar-refractivity contribution in [2.24, 2.45) is 0 Å². The Balaban J connectivity index is 0.00000338. The highest BCUT2D eigenvalue weighted by Crippen LogP contribution is 2.14. The van der Waals surface area contributed by atoms with Crippen molar-refractivity contribution in [1.82, 2.24) is 15.1 Å². The van der Waals surface area contributed by atoms with Crippen LogP contribution in [0.2, 0.25) is 0 Å². The van der Waals surface area contributed by atoms with E-state index in [1.54, 1.807) is 23.1 Å². The van der Waals surface area contributed by atoms with E-state index in [9.17, 15) is 14.0 Å². The maximum atomic E-state index is 13.8. The molecule has 1 aromatic carbocycles. The SMILES string of the molecule is CCCN(CCC)C(=O)CC1NCCN(Cc2ccccc2F)C1=O.Cl. The van der Waals surface area contributed by atoms with Gasteiger partial charge in [0.1, 0.15) is 5.82 Å². The summed E-state index contributed by atoms with van der Waals surface area (Å²) in [6, 6.07) is 5.96. The molecule has 1 N–H and O–H groups in total. The number of hydrogen-bond donors (Lipinski definition) is 1. The molecule has 26 heavy (non-hydrogen) atoms. The van der Waals surface area contributed by atoms with E-state index < -0.39 is 6.04 Å². The van der Waals surface area contributed by atoms with E-state index in [1.165, 1.54) is 6.07 Å². The summed E-state index contributed by atoms with van der Waals surface area (Å²) in [7, 11) is 0. The van der Waals surface area contributed by atoms with Gasteiger partial charge in [0.25, 0.3) is 0 Å². The standard InChI is InChI=1S/C19H28FN3O2.ClH/c1-3-10-22(11-4-2)18(24)13-17-19(25)23(12-9-21-17)14-15-7-5-6-8-16(15)20;/h5-8,17,21H,3-4,9-14H2,1-2H3;1H. The largest absolute Gasteiger partial charge is 0.343 e. The second-order valence-corrected chi connectivity index (χ2v) is 6.44. The van der Waals surface area contributed by atoms with Crippen molar-refractivity contribution in [3.05, 3.63) is 35.6 Å². The van der Waals surface area contributed by atoms with E-state index >= 15 is 0 Å².